The number of rotatable bonds is 8. The third-order valence-corrected chi connectivity index (χ3v) is 8.42. The fraction of sp³-hybridized carbons (Fsp3) is 0.194. The molecule has 1 aliphatic rings. The quantitative estimate of drug-likeness (QED) is 0.216. The molecule has 3 N–H and O–H groups in total. The van der Waals surface area contributed by atoms with Crippen molar-refractivity contribution in [3.05, 3.63) is 78.5 Å². The predicted octanol–water partition coefficient (Wildman–Crippen LogP) is 5.30. The summed E-state index contributed by atoms with van der Waals surface area (Å²) in [5.41, 5.74) is 7.21. The lowest BCUT2D eigenvalue weighted by Crippen LogP contribution is -2.13. The molecule has 0 saturated heterocycles. The van der Waals surface area contributed by atoms with Crippen LogP contribution in [0.5, 0.6) is 0 Å². The van der Waals surface area contributed by atoms with E-state index in [9.17, 15) is 17.6 Å². The molecule has 43 heavy (non-hydrogen) atoms. The molecule has 0 bridgehead atoms. The van der Waals surface area contributed by atoms with Gasteiger partial charge >= 0.3 is 0 Å². The number of sulfone groups is 1. The molecular formula is C31H26FN7O3S. The number of H-pyrrole nitrogens is 2. The monoisotopic (exact) mass is 595 g/mol. The van der Waals surface area contributed by atoms with Gasteiger partial charge < -0.3 is 10.3 Å². The van der Waals surface area contributed by atoms with Gasteiger partial charge in [-0.25, -0.2) is 22.8 Å². The molecule has 1 aliphatic carbocycles. The molecule has 1 saturated carbocycles. The summed E-state index contributed by atoms with van der Waals surface area (Å²) < 4.78 is 38.0. The Balaban J connectivity index is 1.25. The Labute approximate surface area is 245 Å². The molecule has 216 valence electrons. The number of nitrogens with one attached hydrogen (secondary N) is 3. The summed E-state index contributed by atoms with van der Waals surface area (Å²) in [5.74, 6) is -0.412. The number of aromatic amines is 2. The largest absolute Gasteiger partial charge is 0.338 e. The first kappa shape index (κ1) is 26.9. The van der Waals surface area contributed by atoms with Crippen LogP contribution < -0.4 is 5.32 Å². The van der Waals surface area contributed by atoms with Crippen LogP contribution in [0.15, 0.2) is 67.1 Å². The number of aromatic nitrogens is 6. The standard InChI is InChI=1S/C31H26FN7O3S/c1-43(41,42)9-7-17-10-19(12-21(32)11-17)23-6-8-34-30-24(23)14-27(37-30)29-28-26(38-39-29)5-4-25(36-28)20-13-22(16-33-15-20)35-31(40)18-2-3-18/h4-6,8,10-16,18H,2-3,7,9H2,1H3,(H,34,37)(H,35,40)(H,38,39). The number of amides is 1. The summed E-state index contributed by atoms with van der Waals surface area (Å²) >= 11 is 0. The van der Waals surface area contributed by atoms with Crippen molar-refractivity contribution in [2.45, 2.75) is 19.3 Å². The Morgan fingerprint density at radius 2 is 1.93 bits per heavy atom. The van der Waals surface area contributed by atoms with E-state index in [1.54, 1.807) is 24.7 Å². The number of hydrogen-bond donors (Lipinski definition) is 3. The summed E-state index contributed by atoms with van der Waals surface area (Å²) in [6, 6.07) is 13.9. The minimum absolute atomic E-state index is 0.00893. The van der Waals surface area contributed by atoms with Crippen LogP contribution >= 0.6 is 0 Å². The minimum atomic E-state index is -3.19. The van der Waals surface area contributed by atoms with Gasteiger partial charge in [0.15, 0.2) is 0 Å². The van der Waals surface area contributed by atoms with Gasteiger partial charge in [0.2, 0.25) is 5.91 Å². The van der Waals surface area contributed by atoms with E-state index in [1.807, 2.05) is 30.3 Å². The fourth-order valence-corrected chi connectivity index (χ4v) is 5.75. The van der Waals surface area contributed by atoms with Gasteiger partial charge in [-0.05, 0) is 78.4 Å². The van der Waals surface area contributed by atoms with Gasteiger partial charge in [-0.3, -0.25) is 14.9 Å². The first-order chi connectivity index (χ1) is 20.7. The van der Waals surface area contributed by atoms with Crippen molar-refractivity contribution in [3.63, 3.8) is 0 Å². The van der Waals surface area contributed by atoms with Gasteiger partial charge in [-0.2, -0.15) is 5.10 Å². The Bertz CT molecular complexity index is 2150. The van der Waals surface area contributed by atoms with Crippen LogP contribution in [-0.2, 0) is 21.1 Å². The van der Waals surface area contributed by atoms with Crippen molar-refractivity contribution >= 4 is 43.5 Å². The van der Waals surface area contributed by atoms with Crippen molar-refractivity contribution in [3.8, 4) is 33.8 Å². The van der Waals surface area contributed by atoms with Crippen LogP contribution in [0.1, 0.15) is 18.4 Å². The smallest absolute Gasteiger partial charge is 0.227 e. The maximum atomic E-state index is 14.6. The van der Waals surface area contributed by atoms with E-state index in [2.05, 4.69) is 30.5 Å². The van der Waals surface area contributed by atoms with E-state index >= 15 is 0 Å². The molecule has 0 spiro atoms. The summed E-state index contributed by atoms with van der Waals surface area (Å²) in [5, 5.41) is 11.2. The summed E-state index contributed by atoms with van der Waals surface area (Å²) in [6.45, 7) is 0. The normalized spacial score (nSPS) is 13.5. The van der Waals surface area contributed by atoms with E-state index in [1.165, 1.54) is 18.4 Å². The number of pyridine rings is 3. The fourth-order valence-electron chi connectivity index (χ4n) is 5.15. The second-order valence-electron chi connectivity index (χ2n) is 10.9. The van der Waals surface area contributed by atoms with Crippen molar-refractivity contribution in [1.82, 2.24) is 30.1 Å². The molecule has 5 aromatic heterocycles. The number of fused-ring (bicyclic) bond motifs is 2. The number of carbonyl (C=O) groups is 1. The molecule has 12 heteroatoms. The average molecular weight is 596 g/mol. The highest BCUT2D eigenvalue weighted by Crippen LogP contribution is 2.35. The van der Waals surface area contributed by atoms with E-state index < -0.39 is 15.7 Å². The van der Waals surface area contributed by atoms with Gasteiger partial charge in [-0.1, -0.05) is 6.07 Å². The van der Waals surface area contributed by atoms with Crippen LogP contribution in [0.4, 0.5) is 10.1 Å². The predicted molar refractivity (Wildman–Crippen MR) is 162 cm³/mol. The SMILES string of the molecule is CS(=O)(=O)CCc1cc(F)cc(-c2ccnc3[nH]c(-c4n[nH]c5ccc(-c6cncc(NC(=O)C7CC7)c6)nc45)cc23)c1. The van der Waals surface area contributed by atoms with E-state index in [0.717, 1.165) is 34.9 Å². The van der Waals surface area contributed by atoms with Gasteiger partial charge in [0.25, 0.3) is 0 Å². The molecule has 0 aliphatic heterocycles. The van der Waals surface area contributed by atoms with Crippen molar-refractivity contribution in [2.24, 2.45) is 5.92 Å². The number of aryl methyl sites for hydroxylation is 1. The number of carbonyl (C=O) groups excluding carboxylic acids is 1. The summed E-state index contributed by atoms with van der Waals surface area (Å²) in [4.78, 5) is 29.2. The molecule has 5 heterocycles. The molecule has 1 amide bonds. The van der Waals surface area contributed by atoms with Gasteiger partial charge in [0, 0.05) is 35.5 Å². The summed E-state index contributed by atoms with van der Waals surface area (Å²) in [6.07, 6.45) is 8.17. The average Bonchev–Trinajstić information content (AvgIpc) is 3.61. The van der Waals surface area contributed by atoms with Gasteiger partial charge in [-0.15, -0.1) is 0 Å². The zero-order valence-corrected chi connectivity index (χ0v) is 23.9. The van der Waals surface area contributed by atoms with Crippen molar-refractivity contribution < 1.29 is 17.6 Å². The lowest BCUT2D eigenvalue weighted by molar-refractivity contribution is -0.117. The highest BCUT2D eigenvalue weighted by Gasteiger charge is 2.29. The Kier molecular flexibility index (Phi) is 6.50. The van der Waals surface area contributed by atoms with E-state index in [-0.39, 0.29) is 24.0 Å². The maximum Gasteiger partial charge on any atom is 0.227 e. The second-order valence-corrected chi connectivity index (χ2v) is 13.2. The van der Waals surface area contributed by atoms with Crippen LogP contribution in [0.3, 0.4) is 0 Å². The Morgan fingerprint density at radius 1 is 1.07 bits per heavy atom. The Hall–Kier alpha value is -4.97. The lowest BCUT2D eigenvalue weighted by atomic mass is 10.00. The first-order valence-corrected chi connectivity index (χ1v) is 15.8. The molecule has 1 aromatic carbocycles. The minimum Gasteiger partial charge on any atom is -0.338 e. The van der Waals surface area contributed by atoms with Gasteiger partial charge in [0.05, 0.1) is 34.5 Å². The van der Waals surface area contributed by atoms with Crippen LogP contribution in [-0.4, -0.2) is 56.5 Å². The van der Waals surface area contributed by atoms with Crippen molar-refractivity contribution in [2.75, 3.05) is 17.3 Å². The van der Waals surface area contributed by atoms with Gasteiger partial charge in [0.1, 0.15) is 32.5 Å². The second kappa shape index (κ2) is 10.4. The first-order valence-electron chi connectivity index (χ1n) is 13.8. The van der Waals surface area contributed by atoms with Crippen LogP contribution in [0.25, 0.3) is 55.8 Å². The maximum absolute atomic E-state index is 14.6. The zero-order valence-electron chi connectivity index (χ0n) is 23.1. The zero-order chi connectivity index (χ0) is 29.7. The Morgan fingerprint density at radius 3 is 2.74 bits per heavy atom. The highest BCUT2D eigenvalue weighted by molar-refractivity contribution is 7.90. The summed E-state index contributed by atoms with van der Waals surface area (Å²) in [7, 11) is -3.19. The molecule has 6 aromatic rings. The van der Waals surface area contributed by atoms with E-state index in [4.69, 9.17) is 4.98 Å². The third-order valence-electron chi connectivity index (χ3n) is 7.47. The number of anilines is 1. The molecule has 10 nitrogen and oxygen atoms in total. The molecule has 1 fully saturated rings. The lowest BCUT2D eigenvalue weighted by Gasteiger charge is -2.07. The number of hydrogen-bond acceptors (Lipinski definition) is 7. The third kappa shape index (κ3) is 5.61. The molecular weight excluding hydrogens is 569 g/mol. The number of benzene rings is 1. The highest BCUT2D eigenvalue weighted by atomic mass is 32.2. The van der Waals surface area contributed by atoms with Crippen LogP contribution in [0.2, 0.25) is 0 Å². The van der Waals surface area contributed by atoms with E-state index in [0.29, 0.717) is 45.1 Å². The molecule has 0 atom stereocenters. The van der Waals surface area contributed by atoms with Crippen molar-refractivity contribution in [1.29, 1.82) is 0 Å². The van der Waals surface area contributed by atoms with Crippen LogP contribution in [0, 0.1) is 11.7 Å². The number of halogens is 1. The molecule has 0 unspecified atom stereocenters. The molecule has 7 rings (SSSR count). The molecule has 0 radical (unpaired) electrons. The number of nitrogens with zero attached hydrogens (tertiary/aromatic N) is 4. The topological polar surface area (TPSA) is 146 Å².